The number of carbonyl (C=O) groups excluding carboxylic acids is 1. The summed E-state index contributed by atoms with van der Waals surface area (Å²) in [6.45, 7) is 8.65. The quantitative estimate of drug-likeness (QED) is 0.840. The zero-order valence-corrected chi connectivity index (χ0v) is 12.0. The molecule has 0 aromatic heterocycles. The lowest BCUT2D eigenvalue weighted by Crippen LogP contribution is -2.25. The molecule has 0 spiro atoms. The molecule has 0 aliphatic rings. The highest BCUT2D eigenvalue weighted by molar-refractivity contribution is 5.94. The molecule has 1 atom stereocenters. The fraction of sp³-hybridized carbons (Fsp3) is 0.533. The molecule has 0 radical (unpaired) electrons. The van der Waals surface area contributed by atoms with Gasteiger partial charge in [-0.15, -0.1) is 0 Å². The minimum absolute atomic E-state index is 0.0412. The van der Waals surface area contributed by atoms with Gasteiger partial charge in [0.25, 0.3) is 5.91 Å². The first-order chi connectivity index (χ1) is 8.49. The van der Waals surface area contributed by atoms with Gasteiger partial charge in [-0.05, 0) is 43.0 Å². The number of carbonyl (C=O) groups is 1. The molecule has 0 bridgehead atoms. The van der Waals surface area contributed by atoms with Crippen LogP contribution in [-0.2, 0) is 0 Å². The van der Waals surface area contributed by atoms with Crippen molar-refractivity contribution in [3.63, 3.8) is 0 Å². The van der Waals surface area contributed by atoms with Crippen molar-refractivity contribution in [2.24, 2.45) is 5.92 Å². The summed E-state index contributed by atoms with van der Waals surface area (Å²) in [6, 6.07) is 6.25. The first-order valence-electron chi connectivity index (χ1n) is 6.58. The number of benzene rings is 1. The third-order valence-corrected chi connectivity index (χ3v) is 3.30. The second-order valence-electron chi connectivity index (χ2n) is 5.01. The Labute approximate surface area is 110 Å². The lowest BCUT2D eigenvalue weighted by Gasteiger charge is -2.23. The van der Waals surface area contributed by atoms with Gasteiger partial charge in [0, 0.05) is 24.3 Å². The van der Waals surface area contributed by atoms with Gasteiger partial charge < -0.3 is 10.6 Å². The summed E-state index contributed by atoms with van der Waals surface area (Å²) >= 11 is 0. The average molecular weight is 248 g/mol. The Morgan fingerprint density at radius 3 is 2.44 bits per heavy atom. The predicted molar refractivity (Wildman–Crippen MR) is 77.1 cm³/mol. The molecule has 0 aliphatic carbocycles. The third kappa shape index (κ3) is 3.49. The highest BCUT2D eigenvalue weighted by atomic mass is 16.1. The highest BCUT2D eigenvalue weighted by Gasteiger charge is 2.12. The maximum absolute atomic E-state index is 11.5. The number of nitrogens with one attached hydrogen (secondary N) is 2. The molecule has 0 saturated heterocycles. The van der Waals surface area contributed by atoms with Gasteiger partial charge in [0.1, 0.15) is 0 Å². The Morgan fingerprint density at radius 2 is 2.00 bits per heavy atom. The molecule has 3 nitrogen and oxygen atoms in total. The van der Waals surface area contributed by atoms with Crippen LogP contribution in [0.1, 0.15) is 43.1 Å². The second kappa shape index (κ2) is 6.43. The van der Waals surface area contributed by atoms with E-state index in [9.17, 15) is 4.79 Å². The molecular formula is C15H24N2O. The summed E-state index contributed by atoms with van der Waals surface area (Å²) in [4.78, 5) is 11.5. The Morgan fingerprint density at radius 1 is 1.33 bits per heavy atom. The number of rotatable bonds is 5. The lowest BCUT2D eigenvalue weighted by atomic mass is 10.0. The molecule has 2 N–H and O–H groups in total. The Hall–Kier alpha value is -1.51. The molecule has 1 aromatic carbocycles. The predicted octanol–water partition coefficient (Wildman–Crippen LogP) is 3.20. The largest absolute Gasteiger partial charge is 0.382 e. The Balaban J connectivity index is 2.89. The third-order valence-electron chi connectivity index (χ3n) is 3.30. The van der Waals surface area contributed by atoms with Gasteiger partial charge in [0.15, 0.2) is 0 Å². The van der Waals surface area contributed by atoms with E-state index >= 15 is 0 Å². The van der Waals surface area contributed by atoms with Gasteiger partial charge in [-0.3, -0.25) is 4.79 Å². The summed E-state index contributed by atoms with van der Waals surface area (Å²) < 4.78 is 0. The van der Waals surface area contributed by atoms with Crippen LogP contribution in [0, 0.1) is 12.8 Å². The molecule has 0 saturated carbocycles. The Kier molecular flexibility index (Phi) is 5.20. The van der Waals surface area contributed by atoms with Gasteiger partial charge in [-0.2, -0.15) is 0 Å². The molecule has 18 heavy (non-hydrogen) atoms. The highest BCUT2D eigenvalue weighted by Crippen LogP contribution is 2.20. The van der Waals surface area contributed by atoms with Crippen molar-refractivity contribution < 1.29 is 4.79 Å². The van der Waals surface area contributed by atoms with Crippen molar-refractivity contribution in [1.29, 1.82) is 0 Å². The van der Waals surface area contributed by atoms with Gasteiger partial charge in [-0.1, -0.05) is 20.8 Å². The summed E-state index contributed by atoms with van der Waals surface area (Å²) in [5.74, 6) is 0.550. The topological polar surface area (TPSA) is 41.1 Å². The first-order valence-corrected chi connectivity index (χ1v) is 6.58. The van der Waals surface area contributed by atoms with Crippen molar-refractivity contribution in [2.45, 2.75) is 40.2 Å². The summed E-state index contributed by atoms with van der Waals surface area (Å²) in [5, 5.41) is 6.19. The first kappa shape index (κ1) is 14.6. The van der Waals surface area contributed by atoms with E-state index in [1.807, 2.05) is 25.1 Å². The Bertz CT molecular complexity index is 413. The molecule has 1 amide bonds. The van der Waals surface area contributed by atoms with Crippen LogP contribution in [0.15, 0.2) is 18.2 Å². The van der Waals surface area contributed by atoms with E-state index < -0.39 is 0 Å². The van der Waals surface area contributed by atoms with Crippen LogP contribution in [0.5, 0.6) is 0 Å². The molecule has 3 heteroatoms. The van der Waals surface area contributed by atoms with Gasteiger partial charge >= 0.3 is 0 Å². The lowest BCUT2D eigenvalue weighted by molar-refractivity contribution is 0.0963. The van der Waals surface area contributed by atoms with Crippen LogP contribution in [0.25, 0.3) is 0 Å². The van der Waals surface area contributed by atoms with Crippen molar-refractivity contribution in [1.82, 2.24) is 5.32 Å². The van der Waals surface area contributed by atoms with Gasteiger partial charge in [0.05, 0.1) is 0 Å². The number of hydrogen-bond acceptors (Lipinski definition) is 2. The molecular weight excluding hydrogens is 224 g/mol. The van der Waals surface area contributed by atoms with Crippen molar-refractivity contribution in [2.75, 3.05) is 12.4 Å². The summed E-state index contributed by atoms with van der Waals surface area (Å²) in [6.07, 6.45) is 1.09. The number of anilines is 1. The number of aryl methyl sites for hydroxylation is 1. The molecule has 100 valence electrons. The van der Waals surface area contributed by atoms with E-state index in [4.69, 9.17) is 0 Å². The van der Waals surface area contributed by atoms with Crippen LogP contribution >= 0.6 is 0 Å². The molecule has 0 aliphatic heterocycles. The number of hydrogen-bond donors (Lipinski definition) is 2. The van der Waals surface area contributed by atoms with E-state index in [2.05, 4.69) is 31.4 Å². The van der Waals surface area contributed by atoms with Crippen LogP contribution in [0.3, 0.4) is 0 Å². The molecule has 1 aromatic rings. The zero-order valence-electron chi connectivity index (χ0n) is 12.0. The van der Waals surface area contributed by atoms with E-state index in [-0.39, 0.29) is 5.91 Å². The van der Waals surface area contributed by atoms with Crippen molar-refractivity contribution in [3.05, 3.63) is 29.3 Å². The number of amides is 1. The SMILES string of the molecule is CCC(Nc1ccc(C(=O)NC)cc1C)C(C)C. The van der Waals surface area contributed by atoms with Crippen LogP contribution in [0.2, 0.25) is 0 Å². The fourth-order valence-corrected chi connectivity index (χ4v) is 2.05. The maximum atomic E-state index is 11.5. The fourth-order valence-electron chi connectivity index (χ4n) is 2.05. The normalized spacial score (nSPS) is 12.3. The van der Waals surface area contributed by atoms with Crippen molar-refractivity contribution in [3.8, 4) is 0 Å². The maximum Gasteiger partial charge on any atom is 0.251 e. The van der Waals surface area contributed by atoms with Crippen LogP contribution in [-0.4, -0.2) is 19.0 Å². The molecule has 1 unspecified atom stereocenters. The minimum Gasteiger partial charge on any atom is -0.382 e. The minimum atomic E-state index is -0.0412. The van der Waals surface area contributed by atoms with E-state index in [1.54, 1.807) is 7.05 Å². The second-order valence-corrected chi connectivity index (χ2v) is 5.01. The van der Waals surface area contributed by atoms with E-state index in [0.717, 1.165) is 17.7 Å². The van der Waals surface area contributed by atoms with Crippen LogP contribution < -0.4 is 10.6 Å². The monoisotopic (exact) mass is 248 g/mol. The van der Waals surface area contributed by atoms with Crippen molar-refractivity contribution >= 4 is 11.6 Å². The average Bonchev–Trinajstić information content (AvgIpc) is 2.35. The summed E-state index contributed by atoms with van der Waals surface area (Å²) in [7, 11) is 1.65. The van der Waals surface area contributed by atoms with Crippen LogP contribution in [0.4, 0.5) is 5.69 Å². The molecule has 0 heterocycles. The van der Waals surface area contributed by atoms with Gasteiger partial charge in [0.2, 0.25) is 0 Å². The molecule has 1 rings (SSSR count). The summed E-state index contributed by atoms with van der Waals surface area (Å²) in [5.41, 5.74) is 2.93. The smallest absolute Gasteiger partial charge is 0.251 e. The van der Waals surface area contributed by atoms with Gasteiger partial charge in [-0.25, -0.2) is 0 Å². The molecule has 0 fully saturated rings. The zero-order chi connectivity index (χ0) is 13.7. The van der Waals surface area contributed by atoms with E-state index in [0.29, 0.717) is 17.5 Å². The standard InChI is InChI=1S/C15H24N2O/c1-6-13(10(2)3)17-14-8-7-12(9-11(14)4)15(18)16-5/h7-10,13,17H,6H2,1-5H3,(H,16,18). The van der Waals surface area contributed by atoms with E-state index in [1.165, 1.54) is 0 Å².